The zero-order chi connectivity index (χ0) is 13.7. The van der Waals surface area contributed by atoms with Crippen molar-refractivity contribution in [2.45, 2.75) is 45.8 Å². The summed E-state index contributed by atoms with van der Waals surface area (Å²) in [5.41, 5.74) is 3.26. The molecule has 1 N–H and O–H groups in total. The zero-order valence-electron chi connectivity index (χ0n) is 11.7. The Bertz CT molecular complexity index is 505. The van der Waals surface area contributed by atoms with Gasteiger partial charge >= 0.3 is 0 Å². The largest absolute Gasteiger partial charge is 0.387 e. The molecular formula is C16H22N2O. The van der Waals surface area contributed by atoms with Crippen molar-refractivity contribution in [3.05, 3.63) is 53.3 Å². The number of hydrogen-bond acceptors (Lipinski definition) is 2. The summed E-state index contributed by atoms with van der Waals surface area (Å²) in [6, 6.07) is 12.3. The first-order valence-electron chi connectivity index (χ1n) is 7.03. The molecule has 0 amide bonds. The van der Waals surface area contributed by atoms with Gasteiger partial charge in [0, 0.05) is 6.54 Å². The lowest BCUT2D eigenvalue weighted by molar-refractivity contribution is 0.157. The summed E-state index contributed by atoms with van der Waals surface area (Å²) in [6.45, 7) is 4.94. The van der Waals surface area contributed by atoms with Crippen LogP contribution in [0.4, 0.5) is 0 Å². The molecule has 0 saturated carbocycles. The van der Waals surface area contributed by atoms with Crippen molar-refractivity contribution in [1.82, 2.24) is 9.78 Å². The molecular weight excluding hydrogens is 236 g/mol. The Morgan fingerprint density at radius 3 is 2.58 bits per heavy atom. The third kappa shape index (κ3) is 3.44. The SMILES string of the molecule is CCc1cc(C(O)CCc2ccccc2)n(CC)n1. The van der Waals surface area contributed by atoms with E-state index < -0.39 is 6.10 Å². The van der Waals surface area contributed by atoms with E-state index in [1.54, 1.807) is 0 Å². The van der Waals surface area contributed by atoms with Crippen LogP contribution in [0.3, 0.4) is 0 Å². The van der Waals surface area contributed by atoms with Crippen molar-refractivity contribution in [2.24, 2.45) is 0 Å². The number of hydrogen-bond donors (Lipinski definition) is 1. The molecule has 0 bridgehead atoms. The highest BCUT2D eigenvalue weighted by Gasteiger charge is 2.14. The highest BCUT2D eigenvalue weighted by atomic mass is 16.3. The summed E-state index contributed by atoms with van der Waals surface area (Å²) in [5.74, 6) is 0. The minimum atomic E-state index is -0.437. The standard InChI is InChI=1S/C16H22N2O/c1-3-14-12-15(18(4-2)17-14)16(19)11-10-13-8-6-5-7-9-13/h5-9,12,16,19H,3-4,10-11H2,1-2H3. The van der Waals surface area contributed by atoms with E-state index in [0.29, 0.717) is 0 Å². The molecule has 3 nitrogen and oxygen atoms in total. The molecule has 1 atom stereocenters. The van der Waals surface area contributed by atoms with Gasteiger partial charge in [0.1, 0.15) is 0 Å². The topological polar surface area (TPSA) is 38.0 Å². The molecule has 1 unspecified atom stereocenters. The van der Waals surface area contributed by atoms with Gasteiger partial charge in [-0.05, 0) is 37.8 Å². The molecule has 2 aromatic rings. The van der Waals surface area contributed by atoms with Gasteiger partial charge in [0.2, 0.25) is 0 Å². The van der Waals surface area contributed by atoms with Crippen LogP contribution in [0.25, 0.3) is 0 Å². The normalized spacial score (nSPS) is 12.6. The minimum Gasteiger partial charge on any atom is -0.387 e. The van der Waals surface area contributed by atoms with Crippen LogP contribution >= 0.6 is 0 Å². The molecule has 102 valence electrons. The van der Waals surface area contributed by atoms with Gasteiger partial charge in [0.05, 0.1) is 17.5 Å². The molecule has 3 heteroatoms. The van der Waals surface area contributed by atoms with E-state index in [1.807, 2.05) is 28.9 Å². The zero-order valence-corrected chi connectivity index (χ0v) is 11.7. The quantitative estimate of drug-likeness (QED) is 0.864. The average Bonchev–Trinajstić information content (AvgIpc) is 2.89. The Balaban J connectivity index is 2.03. The maximum absolute atomic E-state index is 10.3. The lowest BCUT2D eigenvalue weighted by Gasteiger charge is -2.12. The van der Waals surface area contributed by atoms with E-state index in [1.165, 1.54) is 5.56 Å². The van der Waals surface area contributed by atoms with Gasteiger partial charge < -0.3 is 5.11 Å². The van der Waals surface area contributed by atoms with Crippen molar-refractivity contribution in [3.63, 3.8) is 0 Å². The molecule has 1 aromatic heterocycles. The van der Waals surface area contributed by atoms with Crippen LogP contribution in [0.1, 0.15) is 43.3 Å². The monoisotopic (exact) mass is 258 g/mol. The number of aliphatic hydroxyl groups is 1. The van der Waals surface area contributed by atoms with Crippen LogP contribution in [0, 0.1) is 0 Å². The molecule has 0 aliphatic carbocycles. The molecule has 0 radical (unpaired) electrons. The molecule has 0 spiro atoms. The molecule has 0 saturated heterocycles. The molecule has 0 aliphatic heterocycles. The van der Waals surface area contributed by atoms with Crippen molar-refractivity contribution >= 4 is 0 Å². The Hall–Kier alpha value is -1.61. The average molecular weight is 258 g/mol. The lowest BCUT2D eigenvalue weighted by Crippen LogP contribution is -2.08. The summed E-state index contributed by atoms with van der Waals surface area (Å²) in [6.07, 6.45) is 2.09. The number of rotatable bonds is 6. The highest BCUT2D eigenvalue weighted by Crippen LogP contribution is 2.20. The predicted octanol–water partition coefficient (Wildman–Crippen LogP) is 3.13. The molecule has 19 heavy (non-hydrogen) atoms. The van der Waals surface area contributed by atoms with Crippen LogP contribution in [-0.4, -0.2) is 14.9 Å². The van der Waals surface area contributed by atoms with Gasteiger partial charge in [0.15, 0.2) is 0 Å². The first-order valence-corrected chi connectivity index (χ1v) is 7.03. The molecule has 0 fully saturated rings. The number of aromatic nitrogens is 2. The second-order valence-corrected chi connectivity index (χ2v) is 4.77. The number of nitrogens with zero attached hydrogens (tertiary/aromatic N) is 2. The molecule has 2 rings (SSSR count). The summed E-state index contributed by atoms with van der Waals surface area (Å²) in [7, 11) is 0. The Kier molecular flexibility index (Phi) is 4.74. The second-order valence-electron chi connectivity index (χ2n) is 4.77. The minimum absolute atomic E-state index is 0.437. The fourth-order valence-electron chi connectivity index (χ4n) is 2.28. The van der Waals surface area contributed by atoms with Gasteiger partial charge in [-0.2, -0.15) is 5.10 Å². The summed E-state index contributed by atoms with van der Waals surface area (Å²) in [4.78, 5) is 0. The molecule has 1 heterocycles. The van der Waals surface area contributed by atoms with Crippen LogP contribution in [0.5, 0.6) is 0 Å². The van der Waals surface area contributed by atoms with Gasteiger partial charge in [-0.3, -0.25) is 4.68 Å². The van der Waals surface area contributed by atoms with Gasteiger partial charge in [-0.15, -0.1) is 0 Å². The highest BCUT2D eigenvalue weighted by molar-refractivity contribution is 5.17. The predicted molar refractivity (Wildman–Crippen MR) is 77.0 cm³/mol. The fourth-order valence-corrected chi connectivity index (χ4v) is 2.28. The van der Waals surface area contributed by atoms with Crippen molar-refractivity contribution < 1.29 is 5.11 Å². The molecule has 1 aromatic carbocycles. The Labute approximate surface area is 114 Å². The second kappa shape index (κ2) is 6.53. The summed E-state index contributed by atoms with van der Waals surface area (Å²) in [5, 5.41) is 14.8. The Morgan fingerprint density at radius 2 is 1.95 bits per heavy atom. The third-order valence-corrected chi connectivity index (χ3v) is 3.41. The summed E-state index contributed by atoms with van der Waals surface area (Å²) < 4.78 is 1.91. The molecule has 0 aliphatic rings. The van der Waals surface area contributed by atoms with Crippen LogP contribution in [0.15, 0.2) is 36.4 Å². The van der Waals surface area contributed by atoms with E-state index in [2.05, 4.69) is 31.1 Å². The van der Waals surface area contributed by atoms with Crippen LogP contribution < -0.4 is 0 Å². The smallest absolute Gasteiger partial charge is 0.0959 e. The number of aryl methyl sites for hydroxylation is 3. The van der Waals surface area contributed by atoms with Crippen LogP contribution in [-0.2, 0) is 19.4 Å². The third-order valence-electron chi connectivity index (χ3n) is 3.41. The van der Waals surface area contributed by atoms with Gasteiger partial charge in [-0.1, -0.05) is 37.3 Å². The van der Waals surface area contributed by atoms with E-state index in [-0.39, 0.29) is 0 Å². The summed E-state index contributed by atoms with van der Waals surface area (Å²) >= 11 is 0. The van der Waals surface area contributed by atoms with E-state index in [4.69, 9.17) is 0 Å². The van der Waals surface area contributed by atoms with Crippen molar-refractivity contribution in [3.8, 4) is 0 Å². The fraction of sp³-hybridized carbons (Fsp3) is 0.438. The van der Waals surface area contributed by atoms with Gasteiger partial charge in [-0.25, -0.2) is 0 Å². The van der Waals surface area contributed by atoms with E-state index in [9.17, 15) is 5.11 Å². The first kappa shape index (κ1) is 13.8. The number of aliphatic hydroxyl groups excluding tert-OH is 1. The van der Waals surface area contributed by atoms with Crippen molar-refractivity contribution in [1.29, 1.82) is 0 Å². The van der Waals surface area contributed by atoms with Crippen LogP contribution in [0.2, 0.25) is 0 Å². The van der Waals surface area contributed by atoms with Gasteiger partial charge in [0.25, 0.3) is 0 Å². The van der Waals surface area contributed by atoms with E-state index in [0.717, 1.165) is 37.2 Å². The maximum Gasteiger partial charge on any atom is 0.0959 e. The lowest BCUT2D eigenvalue weighted by atomic mass is 10.0. The van der Waals surface area contributed by atoms with E-state index >= 15 is 0 Å². The number of benzene rings is 1. The maximum atomic E-state index is 10.3. The first-order chi connectivity index (χ1) is 9.24. The van der Waals surface area contributed by atoms with Crippen molar-refractivity contribution in [2.75, 3.05) is 0 Å². The Morgan fingerprint density at radius 1 is 1.21 bits per heavy atom.